The van der Waals surface area contributed by atoms with Gasteiger partial charge in [0.15, 0.2) is 4.96 Å². The summed E-state index contributed by atoms with van der Waals surface area (Å²) in [6, 6.07) is 11.3. The van der Waals surface area contributed by atoms with Gasteiger partial charge in [0.25, 0.3) is 5.91 Å². The van der Waals surface area contributed by atoms with Crippen LogP contribution in [0.15, 0.2) is 46.9 Å². The normalized spacial score (nSPS) is 13.8. The predicted molar refractivity (Wildman–Crippen MR) is 120 cm³/mol. The Labute approximate surface area is 180 Å². The van der Waals surface area contributed by atoms with Gasteiger partial charge < -0.3 is 0 Å². The van der Waals surface area contributed by atoms with Gasteiger partial charge in [0.1, 0.15) is 0 Å². The summed E-state index contributed by atoms with van der Waals surface area (Å²) in [6.45, 7) is 0. The molecule has 3 aromatic heterocycles. The second-order valence-electron chi connectivity index (χ2n) is 6.83. The largest absolute Gasteiger partial charge is 0.285 e. The van der Waals surface area contributed by atoms with E-state index in [-0.39, 0.29) is 5.91 Å². The zero-order valence-electron chi connectivity index (χ0n) is 15.4. The van der Waals surface area contributed by atoms with Crippen molar-refractivity contribution in [2.75, 3.05) is 0 Å². The number of fused-ring (bicyclic) bond motifs is 3. The average molecular weight is 441 g/mol. The molecule has 0 aliphatic heterocycles. The average Bonchev–Trinajstić information content (AvgIpc) is 3.45. The van der Waals surface area contributed by atoms with E-state index in [1.165, 1.54) is 34.7 Å². The first-order valence-corrected chi connectivity index (χ1v) is 11.4. The van der Waals surface area contributed by atoms with Gasteiger partial charge in [0, 0.05) is 21.2 Å². The molecule has 5 nitrogen and oxygen atoms in total. The van der Waals surface area contributed by atoms with Crippen molar-refractivity contribution in [1.29, 1.82) is 0 Å². The summed E-state index contributed by atoms with van der Waals surface area (Å²) in [7, 11) is 0. The van der Waals surface area contributed by atoms with E-state index in [4.69, 9.17) is 16.6 Å². The van der Waals surface area contributed by atoms with Crippen molar-refractivity contribution >= 4 is 51.4 Å². The molecule has 5 rings (SSSR count). The van der Waals surface area contributed by atoms with Crippen LogP contribution in [0, 0.1) is 0 Å². The second kappa shape index (κ2) is 7.74. The smallest absolute Gasteiger partial charge is 0.281 e. The van der Waals surface area contributed by atoms with Crippen molar-refractivity contribution in [1.82, 2.24) is 14.8 Å². The lowest BCUT2D eigenvalue weighted by atomic mass is 10.0. The van der Waals surface area contributed by atoms with Gasteiger partial charge in [0.2, 0.25) is 0 Å². The van der Waals surface area contributed by atoms with E-state index in [0.29, 0.717) is 9.90 Å². The number of thiophene rings is 1. The van der Waals surface area contributed by atoms with Crippen LogP contribution < -0.4 is 5.43 Å². The molecule has 29 heavy (non-hydrogen) atoms. The Kier molecular flexibility index (Phi) is 4.95. The molecule has 0 unspecified atom stereocenters. The summed E-state index contributed by atoms with van der Waals surface area (Å²) < 4.78 is 2.20. The van der Waals surface area contributed by atoms with E-state index in [9.17, 15) is 4.79 Å². The molecule has 0 fully saturated rings. The third kappa shape index (κ3) is 3.50. The van der Waals surface area contributed by atoms with Gasteiger partial charge >= 0.3 is 0 Å². The molecule has 146 valence electrons. The third-order valence-corrected chi connectivity index (χ3v) is 7.23. The number of amides is 1. The number of halogens is 1. The summed E-state index contributed by atoms with van der Waals surface area (Å²) in [4.78, 5) is 20.1. The minimum absolute atomic E-state index is 0.211. The third-order valence-electron chi connectivity index (χ3n) is 4.97. The molecular formula is C21H17ClN4OS2. The molecule has 0 bridgehead atoms. The number of nitrogens with zero attached hydrogens (tertiary/aromatic N) is 3. The van der Waals surface area contributed by atoms with Crippen molar-refractivity contribution in [2.24, 2.45) is 5.10 Å². The molecule has 1 aliphatic rings. The number of imidazole rings is 1. The molecule has 1 N–H and O–H groups in total. The Hall–Kier alpha value is -2.48. The van der Waals surface area contributed by atoms with E-state index in [1.54, 1.807) is 23.6 Å². The zero-order valence-corrected chi connectivity index (χ0v) is 17.8. The number of hydrogen-bond donors (Lipinski definition) is 1. The van der Waals surface area contributed by atoms with E-state index < -0.39 is 0 Å². The van der Waals surface area contributed by atoms with Crippen LogP contribution in [0.2, 0.25) is 5.02 Å². The molecule has 0 saturated heterocycles. The van der Waals surface area contributed by atoms with Crippen LogP contribution in [0.25, 0.3) is 16.2 Å². The molecule has 0 saturated carbocycles. The first-order chi connectivity index (χ1) is 14.2. The first kappa shape index (κ1) is 18.5. The maximum absolute atomic E-state index is 12.2. The van der Waals surface area contributed by atoms with Gasteiger partial charge in [-0.2, -0.15) is 5.10 Å². The summed E-state index contributed by atoms with van der Waals surface area (Å²) in [6.07, 6.45) is 6.25. The molecular weight excluding hydrogens is 424 g/mol. The Balaban J connectivity index is 1.57. The molecule has 0 radical (unpaired) electrons. The van der Waals surface area contributed by atoms with Crippen molar-refractivity contribution in [2.45, 2.75) is 25.7 Å². The van der Waals surface area contributed by atoms with Gasteiger partial charge in [-0.25, -0.2) is 10.4 Å². The highest BCUT2D eigenvalue weighted by Gasteiger charge is 2.22. The number of hydrogen-bond acceptors (Lipinski definition) is 5. The Morgan fingerprint density at radius 1 is 1.21 bits per heavy atom. The number of thiazole rings is 1. The molecule has 1 aromatic carbocycles. The maximum Gasteiger partial charge on any atom is 0.281 e. The summed E-state index contributed by atoms with van der Waals surface area (Å²) in [5, 5.41) is 6.81. The number of benzene rings is 1. The van der Waals surface area contributed by atoms with Crippen LogP contribution >= 0.6 is 34.3 Å². The van der Waals surface area contributed by atoms with Gasteiger partial charge in [-0.05, 0) is 49.3 Å². The van der Waals surface area contributed by atoms with Gasteiger partial charge in [-0.15, -0.1) is 22.7 Å². The fraction of sp³-hybridized carbons (Fsp3) is 0.190. The van der Waals surface area contributed by atoms with E-state index in [2.05, 4.69) is 14.9 Å². The Morgan fingerprint density at radius 2 is 2.03 bits per heavy atom. The van der Waals surface area contributed by atoms with Crippen LogP contribution in [0.4, 0.5) is 0 Å². The van der Waals surface area contributed by atoms with E-state index in [0.717, 1.165) is 34.8 Å². The SMILES string of the molecule is O=C(N/N=C\c1c(-c2ccc(Cl)cc2)nc2sc3c(n12)CCCC3)c1cccs1. The van der Waals surface area contributed by atoms with Crippen molar-refractivity contribution < 1.29 is 4.79 Å². The number of rotatable bonds is 4. The van der Waals surface area contributed by atoms with Crippen LogP contribution in [-0.2, 0) is 12.8 Å². The topological polar surface area (TPSA) is 58.8 Å². The minimum Gasteiger partial charge on any atom is -0.285 e. The molecule has 0 atom stereocenters. The lowest BCUT2D eigenvalue weighted by Gasteiger charge is -2.11. The highest BCUT2D eigenvalue weighted by molar-refractivity contribution is 7.17. The quantitative estimate of drug-likeness (QED) is 0.340. The number of nitrogens with one attached hydrogen (secondary N) is 1. The van der Waals surface area contributed by atoms with Gasteiger partial charge in [-0.1, -0.05) is 29.8 Å². The number of aromatic nitrogens is 2. The number of aryl methyl sites for hydroxylation is 2. The molecule has 1 aliphatic carbocycles. The zero-order chi connectivity index (χ0) is 19.8. The lowest BCUT2D eigenvalue weighted by Crippen LogP contribution is -2.16. The van der Waals surface area contributed by atoms with E-state index in [1.807, 2.05) is 35.7 Å². The van der Waals surface area contributed by atoms with Crippen LogP contribution in [0.3, 0.4) is 0 Å². The fourth-order valence-corrected chi connectivity index (χ4v) is 5.57. The van der Waals surface area contributed by atoms with Crippen LogP contribution in [0.5, 0.6) is 0 Å². The van der Waals surface area contributed by atoms with Crippen molar-refractivity contribution in [3.8, 4) is 11.3 Å². The molecule has 3 heterocycles. The standard InChI is InChI=1S/C21H17ClN4OS2/c22-14-9-7-13(8-10-14)19-16(12-23-25-20(27)18-6-3-11-28-18)26-15-4-1-2-5-17(15)29-21(26)24-19/h3,6-12H,1-2,4-5H2,(H,25,27)/b23-12-. The van der Waals surface area contributed by atoms with Gasteiger partial charge in [-0.3, -0.25) is 9.20 Å². The fourth-order valence-electron chi connectivity index (χ4n) is 3.61. The number of carbonyl (C=O) groups is 1. The number of carbonyl (C=O) groups excluding carboxylic acids is 1. The molecule has 1 amide bonds. The van der Waals surface area contributed by atoms with Crippen LogP contribution in [-0.4, -0.2) is 21.5 Å². The van der Waals surface area contributed by atoms with E-state index >= 15 is 0 Å². The van der Waals surface area contributed by atoms with Crippen molar-refractivity contribution in [3.63, 3.8) is 0 Å². The monoisotopic (exact) mass is 440 g/mol. The minimum atomic E-state index is -0.211. The predicted octanol–water partition coefficient (Wildman–Crippen LogP) is 5.42. The van der Waals surface area contributed by atoms with Gasteiger partial charge in [0.05, 0.1) is 22.5 Å². The summed E-state index contributed by atoms with van der Waals surface area (Å²) in [5.41, 5.74) is 6.64. The lowest BCUT2D eigenvalue weighted by molar-refractivity contribution is 0.0959. The first-order valence-electron chi connectivity index (χ1n) is 9.36. The highest BCUT2D eigenvalue weighted by Crippen LogP contribution is 2.34. The Morgan fingerprint density at radius 3 is 2.83 bits per heavy atom. The van der Waals surface area contributed by atoms with Crippen molar-refractivity contribution in [3.05, 3.63) is 67.9 Å². The number of hydrazone groups is 1. The summed E-state index contributed by atoms with van der Waals surface area (Å²) in [5.74, 6) is -0.211. The molecule has 8 heteroatoms. The molecule has 0 spiro atoms. The Bertz CT molecular complexity index is 1210. The highest BCUT2D eigenvalue weighted by atomic mass is 35.5. The van der Waals surface area contributed by atoms with Crippen LogP contribution in [0.1, 0.15) is 38.8 Å². The molecule has 4 aromatic rings. The second-order valence-corrected chi connectivity index (χ2v) is 9.27. The maximum atomic E-state index is 12.2. The summed E-state index contributed by atoms with van der Waals surface area (Å²) >= 11 is 9.20.